The number of rotatable bonds is 6. The lowest BCUT2D eigenvalue weighted by atomic mass is 10.1. The topological polar surface area (TPSA) is 49.8 Å². The summed E-state index contributed by atoms with van der Waals surface area (Å²) in [5.74, 6) is 0.682. The smallest absolute Gasteiger partial charge is 0.260 e. The van der Waals surface area contributed by atoms with Crippen LogP contribution in [0.15, 0.2) is 18.2 Å². The van der Waals surface area contributed by atoms with Gasteiger partial charge in [-0.15, -0.1) is 0 Å². The molecule has 0 heterocycles. The molecule has 1 aromatic carbocycles. The van der Waals surface area contributed by atoms with E-state index in [4.69, 9.17) is 9.84 Å². The highest BCUT2D eigenvalue weighted by atomic mass is 16.5. The minimum atomic E-state index is -0.0456. The maximum atomic E-state index is 12.0. The van der Waals surface area contributed by atoms with Crippen LogP contribution in [0, 0.1) is 13.8 Å². The molecule has 1 N–H and O–H groups in total. The molecule has 1 amide bonds. The van der Waals surface area contributed by atoms with Crippen molar-refractivity contribution in [3.63, 3.8) is 0 Å². The van der Waals surface area contributed by atoms with Gasteiger partial charge in [0.05, 0.1) is 6.61 Å². The van der Waals surface area contributed by atoms with Gasteiger partial charge in [0.2, 0.25) is 0 Å². The summed E-state index contributed by atoms with van der Waals surface area (Å²) in [7, 11) is 0. The number of carbonyl (C=O) groups excluding carboxylic acids is 1. The molecule has 1 saturated carbocycles. The van der Waals surface area contributed by atoms with E-state index in [0.29, 0.717) is 12.6 Å². The summed E-state index contributed by atoms with van der Waals surface area (Å²) in [5.41, 5.74) is 2.24. The van der Waals surface area contributed by atoms with Gasteiger partial charge in [-0.1, -0.05) is 6.07 Å². The minimum absolute atomic E-state index is 0.00575. The van der Waals surface area contributed by atoms with E-state index in [1.165, 1.54) is 0 Å². The third kappa shape index (κ3) is 3.96. The summed E-state index contributed by atoms with van der Waals surface area (Å²) in [5, 5.41) is 8.99. The lowest BCUT2D eigenvalue weighted by molar-refractivity contribution is -0.134. The highest BCUT2D eigenvalue weighted by molar-refractivity contribution is 5.78. The van der Waals surface area contributed by atoms with E-state index in [1.807, 2.05) is 26.0 Å². The number of benzene rings is 1. The van der Waals surface area contributed by atoms with E-state index in [9.17, 15) is 4.79 Å². The zero-order valence-corrected chi connectivity index (χ0v) is 11.6. The van der Waals surface area contributed by atoms with Crippen LogP contribution in [-0.2, 0) is 4.79 Å². The molecule has 0 radical (unpaired) electrons. The Morgan fingerprint density at radius 3 is 2.47 bits per heavy atom. The Kier molecular flexibility index (Phi) is 4.43. The van der Waals surface area contributed by atoms with Crippen molar-refractivity contribution in [1.29, 1.82) is 0 Å². The van der Waals surface area contributed by atoms with Gasteiger partial charge in [-0.05, 0) is 49.9 Å². The quantitative estimate of drug-likeness (QED) is 0.849. The van der Waals surface area contributed by atoms with Crippen LogP contribution in [0.5, 0.6) is 5.75 Å². The SMILES string of the molecule is Cc1cc(C)cc(OCC(=O)N(CCO)C2CC2)c1. The van der Waals surface area contributed by atoms with Gasteiger partial charge in [0.1, 0.15) is 5.75 Å². The Morgan fingerprint density at radius 2 is 1.95 bits per heavy atom. The lowest BCUT2D eigenvalue weighted by Gasteiger charge is -2.21. The number of aliphatic hydroxyl groups is 1. The zero-order valence-electron chi connectivity index (χ0n) is 11.6. The van der Waals surface area contributed by atoms with Crippen LogP contribution in [0.1, 0.15) is 24.0 Å². The first-order valence-corrected chi connectivity index (χ1v) is 6.71. The van der Waals surface area contributed by atoms with E-state index in [2.05, 4.69) is 6.07 Å². The zero-order chi connectivity index (χ0) is 13.8. The summed E-state index contributed by atoms with van der Waals surface area (Å²) < 4.78 is 5.56. The molecule has 0 unspecified atom stereocenters. The van der Waals surface area contributed by atoms with Gasteiger partial charge in [0, 0.05) is 12.6 Å². The summed E-state index contributed by atoms with van der Waals surface area (Å²) in [4.78, 5) is 13.8. The molecule has 1 fully saturated rings. The molecule has 4 heteroatoms. The largest absolute Gasteiger partial charge is 0.484 e. The second-order valence-corrected chi connectivity index (χ2v) is 5.15. The highest BCUT2D eigenvalue weighted by Gasteiger charge is 2.32. The van der Waals surface area contributed by atoms with E-state index in [0.717, 1.165) is 29.7 Å². The van der Waals surface area contributed by atoms with Crippen LogP contribution in [0.3, 0.4) is 0 Å². The fourth-order valence-corrected chi connectivity index (χ4v) is 2.25. The molecular weight excluding hydrogens is 242 g/mol. The molecule has 19 heavy (non-hydrogen) atoms. The van der Waals surface area contributed by atoms with Crippen LogP contribution in [0.25, 0.3) is 0 Å². The Hall–Kier alpha value is -1.55. The molecule has 0 atom stereocenters. The number of hydrogen-bond acceptors (Lipinski definition) is 3. The number of carbonyl (C=O) groups is 1. The van der Waals surface area contributed by atoms with Gasteiger partial charge in [-0.25, -0.2) is 0 Å². The van der Waals surface area contributed by atoms with E-state index >= 15 is 0 Å². The fraction of sp³-hybridized carbons (Fsp3) is 0.533. The third-order valence-electron chi connectivity index (χ3n) is 3.21. The standard InChI is InChI=1S/C15H21NO3/c1-11-7-12(2)9-14(8-11)19-10-15(18)16(5-6-17)13-3-4-13/h7-9,13,17H,3-6,10H2,1-2H3. The van der Waals surface area contributed by atoms with Gasteiger partial charge in [0.15, 0.2) is 6.61 Å². The number of ether oxygens (including phenoxy) is 1. The molecule has 0 bridgehead atoms. The predicted molar refractivity (Wildman–Crippen MR) is 73.2 cm³/mol. The number of aliphatic hydroxyl groups excluding tert-OH is 1. The van der Waals surface area contributed by atoms with Gasteiger partial charge < -0.3 is 14.7 Å². The van der Waals surface area contributed by atoms with Crippen molar-refractivity contribution in [2.75, 3.05) is 19.8 Å². The maximum absolute atomic E-state index is 12.0. The van der Waals surface area contributed by atoms with Gasteiger partial charge in [-0.3, -0.25) is 4.79 Å². The van der Waals surface area contributed by atoms with E-state index < -0.39 is 0 Å². The fourth-order valence-electron chi connectivity index (χ4n) is 2.25. The van der Waals surface area contributed by atoms with Crippen LogP contribution in [-0.4, -0.2) is 41.7 Å². The number of aryl methyl sites for hydroxylation is 2. The average molecular weight is 263 g/mol. The number of nitrogens with zero attached hydrogens (tertiary/aromatic N) is 1. The molecule has 0 spiro atoms. The van der Waals surface area contributed by atoms with Crippen molar-refractivity contribution in [3.05, 3.63) is 29.3 Å². The first-order valence-electron chi connectivity index (χ1n) is 6.71. The van der Waals surface area contributed by atoms with Crippen LogP contribution in [0.4, 0.5) is 0 Å². The highest BCUT2D eigenvalue weighted by Crippen LogP contribution is 2.26. The molecule has 1 aromatic rings. The van der Waals surface area contributed by atoms with Gasteiger partial charge in [-0.2, -0.15) is 0 Å². The molecule has 1 aliphatic rings. The van der Waals surface area contributed by atoms with E-state index in [1.54, 1.807) is 4.90 Å². The Morgan fingerprint density at radius 1 is 1.32 bits per heavy atom. The predicted octanol–water partition coefficient (Wildman–Crippen LogP) is 1.67. The first kappa shape index (κ1) is 13.9. The maximum Gasteiger partial charge on any atom is 0.260 e. The van der Waals surface area contributed by atoms with Crippen molar-refractivity contribution in [2.24, 2.45) is 0 Å². The number of amides is 1. The van der Waals surface area contributed by atoms with Crippen LogP contribution >= 0.6 is 0 Å². The average Bonchev–Trinajstić information content (AvgIpc) is 3.16. The summed E-state index contributed by atoms with van der Waals surface area (Å²) >= 11 is 0. The molecule has 0 aliphatic heterocycles. The van der Waals surface area contributed by atoms with Crippen molar-refractivity contribution in [1.82, 2.24) is 4.90 Å². The molecule has 0 aromatic heterocycles. The van der Waals surface area contributed by atoms with Crippen molar-refractivity contribution < 1.29 is 14.6 Å². The molecule has 0 saturated heterocycles. The van der Waals surface area contributed by atoms with E-state index in [-0.39, 0.29) is 19.1 Å². The monoisotopic (exact) mass is 263 g/mol. The second-order valence-electron chi connectivity index (χ2n) is 5.15. The molecule has 4 nitrogen and oxygen atoms in total. The molecule has 104 valence electrons. The Bertz CT molecular complexity index is 434. The van der Waals surface area contributed by atoms with Gasteiger partial charge in [0.25, 0.3) is 5.91 Å². The Balaban J connectivity index is 1.91. The van der Waals surface area contributed by atoms with Gasteiger partial charge >= 0.3 is 0 Å². The third-order valence-corrected chi connectivity index (χ3v) is 3.21. The summed E-state index contributed by atoms with van der Waals surface area (Å²) in [6.07, 6.45) is 2.07. The normalized spacial score (nSPS) is 14.3. The molecule has 1 aliphatic carbocycles. The number of hydrogen-bond donors (Lipinski definition) is 1. The Labute approximate surface area is 114 Å². The second kappa shape index (κ2) is 6.06. The lowest BCUT2D eigenvalue weighted by Crippen LogP contribution is -2.38. The molecule has 2 rings (SSSR count). The minimum Gasteiger partial charge on any atom is -0.484 e. The molecular formula is C15H21NO3. The van der Waals surface area contributed by atoms with Crippen molar-refractivity contribution in [3.8, 4) is 5.75 Å². The van der Waals surface area contributed by atoms with Crippen LogP contribution in [0.2, 0.25) is 0 Å². The van der Waals surface area contributed by atoms with Crippen molar-refractivity contribution >= 4 is 5.91 Å². The first-order chi connectivity index (χ1) is 9.10. The van der Waals surface area contributed by atoms with Crippen molar-refractivity contribution in [2.45, 2.75) is 32.7 Å². The van der Waals surface area contributed by atoms with Crippen LogP contribution < -0.4 is 4.74 Å². The summed E-state index contributed by atoms with van der Waals surface area (Å²) in [6, 6.07) is 6.22. The summed E-state index contributed by atoms with van der Waals surface area (Å²) in [6.45, 7) is 4.46.